The van der Waals surface area contributed by atoms with E-state index in [0.29, 0.717) is 26.0 Å². The second-order valence-corrected chi connectivity index (χ2v) is 8.30. The highest BCUT2D eigenvalue weighted by atomic mass is 17.3. The molecule has 0 radical (unpaired) electrons. The second-order valence-electron chi connectivity index (χ2n) is 8.30. The minimum Gasteiger partial charge on any atom is -0.414 e. The summed E-state index contributed by atoms with van der Waals surface area (Å²) in [5.74, 6) is -24.2. The van der Waals surface area contributed by atoms with E-state index in [2.05, 4.69) is 4.89 Å². The van der Waals surface area contributed by atoms with Gasteiger partial charge in [-0.15, -0.1) is 0 Å². The van der Waals surface area contributed by atoms with Gasteiger partial charge >= 0.3 is 59.3 Å². The van der Waals surface area contributed by atoms with Gasteiger partial charge in [0.2, 0.25) is 5.78 Å². The van der Waals surface area contributed by atoms with Crippen LogP contribution in [0.4, 0.5) is 0 Å². The molecule has 5 atom stereocenters. The monoisotopic (exact) mass is 576 g/mol. The third kappa shape index (κ3) is 6.77. The number of ketones is 1. The molecule has 5 unspecified atom stereocenters. The second kappa shape index (κ2) is 12.2. The van der Waals surface area contributed by atoms with Crippen molar-refractivity contribution in [2.45, 2.75) is 76.7 Å². The summed E-state index contributed by atoms with van der Waals surface area (Å²) in [4.78, 5) is 109. The number of aliphatic hydroxyl groups excluding tert-OH is 2. The fourth-order valence-electron chi connectivity index (χ4n) is 3.27. The minimum atomic E-state index is -4.09. The molecule has 18 nitrogen and oxygen atoms in total. The lowest BCUT2D eigenvalue weighted by Gasteiger charge is -2.50. The zero-order chi connectivity index (χ0) is 30.5. The number of hydrogen-bond donors (Lipinski definition) is 2. The minimum absolute atomic E-state index is 0.376. The zero-order valence-electron chi connectivity index (χ0n) is 21.4. The summed E-state index contributed by atoms with van der Waals surface area (Å²) in [5, 5.41) is 20.1. The first-order valence-electron chi connectivity index (χ1n) is 11.2. The van der Waals surface area contributed by atoms with Gasteiger partial charge in [-0.25, -0.2) is 19.2 Å². The highest BCUT2D eigenvalue weighted by Gasteiger charge is 2.84. The van der Waals surface area contributed by atoms with Gasteiger partial charge in [-0.3, -0.25) is 24.1 Å². The molecule has 0 amide bonds. The lowest BCUT2D eigenvalue weighted by Crippen LogP contribution is -2.78. The Bertz CT molecular complexity index is 1140. The predicted molar refractivity (Wildman–Crippen MR) is 115 cm³/mol. The Balaban J connectivity index is 3.13. The third-order valence-electron chi connectivity index (χ3n) is 4.77. The average Bonchev–Trinajstić information content (AvgIpc) is 2.81. The van der Waals surface area contributed by atoms with E-state index >= 15 is 0 Å². The zero-order valence-corrected chi connectivity index (χ0v) is 21.4. The third-order valence-corrected chi connectivity index (χ3v) is 4.77. The van der Waals surface area contributed by atoms with Crippen LogP contribution >= 0.6 is 0 Å². The lowest BCUT2D eigenvalue weighted by atomic mass is 9.94. The van der Waals surface area contributed by atoms with Crippen LogP contribution in [0, 0.1) is 0 Å². The summed E-state index contributed by atoms with van der Waals surface area (Å²) in [6.45, 7) is 3.21. The maximum atomic E-state index is 12.9. The van der Waals surface area contributed by atoms with Crippen molar-refractivity contribution in [3.63, 3.8) is 0 Å². The molecule has 2 heterocycles. The number of carbonyl (C=O) groups excluding carboxylic acids is 8. The molecule has 0 saturated carbocycles. The quantitative estimate of drug-likeness (QED) is 0.0783. The number of Topliss-reactive ketones (excluding diaryl/α,β-unsaturated/α-hetero) is 1. The topological polar surface area (TPSA) is 251 Å². The molecular formula is C22H24O18. The van der Waals surface area contributed by atoms with Gasteiger partial charge in [-0.05, 0) is 13.8 Å². The summed E-state index contributed by atoms with van der Waals surface area (Å²) >= 11 is 0. The number of cyclic esters (lactones) is 2. The van der Waals surface area contributed by atoms with Gasteiger partial charge in [0.25, 0.3) is 0 Å². The van der Waals surface area contributed by atoms with Crippen LogP contribution in [0.25, 0.3) is 0 Å². The normalized spacial score (nSPS) is 28.9. The molecule has 2 N–H and O–H groups in total. The molecule has 1 saturated heterocycles. The number of aliphatic hydroxyl groups is 2. The van der Waals surface area contributed by atoms with E-state index in [4.69, 9.17) is 33.3 Å². The van der Waals surface area contributed by atoms with Gasteiger partial charge in [-0.2, -0.15) is 0 Å². The Hall–Kier alpha value is -4.42. The Kier molecular flexibility index (Phi) is 9.68. The van der Waals surface area contributed by atoms with Gasteiger partial charge in [0.05, 0.1) is 25.4 Å². The van der Waals surface area contributed by atoms with E-state index in [1.165, 1.54) is 0 Å². The fourth-order valence-corrected chi connectivity index (χ4v) is 3.27. The van der Waals surface area contributed by atoms with Gasteiger partial charge < -0.3 is 38.6 Å². The SMILES string of the molecule is CC(=O)OC1(CC(C)O)OC(=O)/C=C\C(=O)OC12OC(=O)CCC(=O)OC2(OOC(=O)C(C)=O)OC(=O)C(C)O. The maximum Gasteiger partial charge on any atom is 0.502 e. The number of rotatable bonds is 8. The molecule has 2 rings (SSSR count). The highest BCUT2D eigenvalue weighted by molar-refractivity contribution is 6.32. The summed E-state index contributed by atoms with van der Waals surface area (Å²) < 4.78 is 30.6. The molecule has 0 aliphatic carbocycles. The van der Waals surface area contributed by atoms with Crippen molar-refractivity contribution in [3.05, 3.63) is 12.2 Å². The first kappa shape index (κ1) is 31.8. The molecule has 2 aliphatic heterocycles. The molecular weight excluding hydrogens is 552 g/mol. The van der Waals surface area contributed by atoms with Crippen molar-refractivity contribution in [2.75, 3.05) is 0 Å². The van der Waals surface area contributed by atoms with Crippen LogP contribution in [0.1, 0.15) is 47.0 Å². The van der Waals surface area contributed by atoms with Crippen LogP contribution in [-0.2, 0) is 76.6 Å². The first-order chi connectivity index (χ1) is 18.5. The summed E-state index contributed by atoms with van der Waals surface area (Å²) in [6, 6.07) is 0. The van der Waals surface area contributed by atoms with Crippen molar-refractivity contribution in [2.24, 2.45) is 0 Å². The number of hydrogen-bond acceptors (Lipinski definition) is 18. The molecule has 220 valence electrons. The number of carbonyl (C=O) groups is 8. The van der Waals surface area contributed by atoms with E-state index in [1.54, 1.807) is 0 Å². The van der Waals surface area contributed by atoms with Crippen LogP contribution in [0.3, 0.4) is 0 Å². The van der Waals surface area contributed by atoms with Gasteiger partial charge in [0.1, 0.15) is 6.10 Å². The average molecular weight is 576 g/mol. The molecule has 18 heteroatoms. The van der Waals surface area contributed by atoms with E-state index in [0.717, 1.165) is 13.8 Å². The molecule has 0 aromatic rings. The Labute approximate surface area is 223 Å². The standard InChI is InChI=1S/C22H24O18/c1-10(23)9-20(33-13(4)26)21(35-15(28)6-5-14(27)34-20)22(38-18(31)11(2)24,40-39-19(32)12(3)25)37-17(30)8-7-16(29)36-21/h5-6,10-11,23-24H,7-9H2,1-4H3/b6-5-. The lowest BCUT2D eigenvalue weighted by molar-refractivity contribution is -0.562. The van der Waals surface area contributed by atoms with Crippen molar-refractivity contribution in [3.8, 4) is 0 Å². The first-order valence-corrected chi connectivity index (χ1v) is 11.2. The van der Waals surface area contributed by atoms with E-state index < -0.39 is 96.6 Å². The maximum absolute atomic E-state index is 12.9. The molecule has 40 heavy (non-hydrogen) atoms. The van der Waals surface area contributed by atoms with Crippen LogP contribution in [0.2, 0.25) is 0 Å². The number of esters is 6. The largest absolute Gasteiger partial charge is 0.502 e. The molecule has 2 aliphatic rings. The van der Waals surface area contributed by atoms with Crippen LogP contribution in [0.15, 0.2) is 12.2 Å². The predicted octanol–water partition coefficient (Wildman–Crippen LogP) is -2.11. The van der Waals surface area contributed by atoms with Crippen molar-refractivity contribution in [1.82, 2.24) is 0 Å². The van der Waals surface area contributed by atoms with E-state index in [-0.39, 0.29) is 0 Å². The summed E-state index contributed by atoms with van der Waals surface area (Å²) in [6.07, 6.45) is -5.95. The van der Waals surface area contributed by atoms with Crippen molar-refractivity contribution in [1.29, 1.82) is 0 Å². The molecule has 0 aromatic heterocycles. The van der Waals surface area contributed by atoms with Crippen LogP contribution in [0.5, 0.6) is 0 Å². The van der Waals surface area contributed by atoms with E-state index in [1.807, 2.05) is 0 Å². The van der Waals surface area contributed by atoms with Gasteiger partial charge in [0, 0.05) is 26.0 Å². The molecule has 1 spiro atoms. The van der Waals surface area contributed by atoms with Gasteiger partial charge in [0.15, 0.2) is 0 Å². The Morgan fingerprint density at radius 3 is 1.93 bits per heavy atom. The summed E-state index contributed by atoms with van der Waals surface area (Å²) in [5.41, 5.74) is 0. The smallest absolute Gasteiger partial charge is 0.414 e. The van der Waals surface area contributed by atoms with E-state index in [9.17, 15) is 48.6 Å². The summed E-state index contributed by atoms with van der Waals surface area (Å²) in [7, 11) is 0. The number of ether oxygens (including phenoxy) is 6. The van der Waals surface area contributed by atoms with Gasteiger partial charge in [-0.1, -0.05) is 4.89 Å². The Morgan fingerprint density at radius 1 is 0.875 bits per heavy atom. The van der Waals surface area contributed by atoms with Crippen LogP contribution < -0.4 is 0 Å². The fraction of sp³-hybridized carbons (Fsp3) is 0.545. The van der Waals surface area contributed by atoms with Crippen molar-refractivity contribution < 1.29 is 86.8 Å². The Morgan fingerprint density at radius 2 is 1.43 bits per heavy atom. The van der Waals surface area contributed by atoms with Crippen LogP contribution in [-0.4, -0.2) is 87.5 Å². The molecule has 0 aromatic carbocycles. The molecule has 1 fully saturated rings. The highest BCUT2D eigenvalue weighted by Crippen LogP contribution is 2.50. The van der Waals surface area contributed by atoms with Crippen molar-refractivity contribution >= 4 is 47.6 Å². The molecule has 0 bridgehead atoms.